The minimum Gasteiger partial charge on any atom is -0.463 e. The minimum absolute atomic E-state index is 0.0210. The molecular formula is C19H12FN3O2S. The number of furan rings is 1. The van der Waals surface area contributed by atoms with Crippen LogP contribution in [-0.4, -0.2) is 9.38 Å². The van der Waals surface area contributed by atoms with Gasteiger partial charge in [-0.25, -0.2) is 13.8 Å². The molecule has 0 fully saturated rings. The maximum absolute atomic E-state index is 14.3. The molecule has 0 aliphatic carbocycles. The Bertz CT molecular complexity index is 1220. The number of benzene rings is 1. The van der Waals surface area contributed by atoms with E-state index in [0.29, 0.717) is 27.7 Å². The molecule has 0 radical (unpaired) electrons. The van der Waals surface area contributed by atoms with Gasteiger partial charge in [0.15, 0.2) is 10.7 Å². The summed E-state index contributed by atoms with van der Waals surface area (Å²) in [4.78, 5) is 18.6. The van der Waals surface area contributed by atoms with Crippen LogP contribution in [0.3, 0.4) is 0 Å². The number of hydrogen-bond acceptors (Lipinski definition) is 5. The van der Waals surface area contributed by atoms with Crippen molar-refractivity contribution in [3.63, 3.8) is 0 Å². The fraction of sp³-hybridized carbons (Fsp3) is 0.105. The second kappa shape index (κ2) is 6.24. The molecule has 128 valence electrons. The molecule has 0 spiro atoms. The predicted molar refractivity (Wildman–Crippen MR) is 95.7 cm³/mol. The van der Waals surface area contributed by atoms with Gasteiger partial charge in [0.2, 0.25) is 0 Å². The summed E-state index contributed by atoms with van der Waals surface area (Å²) < 4.78 is 21.2. The number of rotatable bonds is 3. The average molecular weight is 365 g/mol. The summed E-state index contributed by atoms with van der Waals surface area (Å²) in [6, 6.07) is 11.4. The van der Waals surface area contributed by atoms with Crippen LogP contribution < -0.4 is 5.56 Å². The van der Waals surface area contributed by atoms with E-state index in [-0.39, 0.29) is 17.5 Å². The number of aryl methyl sites for hydroxylation is 1. The van der Waals surface area contributed by atoms with Crippen LogP contribution in [0.2, 0.25) is 0 Å². The van der Waals surface area contributed by atoms with Crippen molar-refractivity contribution in [3.8, 4) is 17.5 Å². The van der Waals surface area contributed by atoms with E-state index < -0.39 is 5.82 Å². The molecule has 0 atom stereocenters. The number of thiazole rings is 1. The lowest BCUT2D eigenvalue weighted by atomic mass is 10.1. The zero-order valence-electron chi connectivity index (χ0n) is 13.7. The zero-order valence-corrected chi connectivity index (χ0v) is 14.5. The molecule has 3 aromatic heterocycles. The molecule has 0 saturated carbocycles. The Morgan fingerprint density at radius 2 is 2.19 bits per heavy atom. The number of nitriles is 1. The predicted octanol–water partition coefficient (Wildman–Crippen LogP) is 3.93. The van der Waals surface area contributed by atoms with E-state index in [1.165, 1.54) is 27.9 Å². The van der Waals surface area contributed by atoms with Crippen molar-refractivity contribution in [1.29, 1.82) is 5.26 Å². The molecule has 4 aromatic rings. The number of aromatic nitrogens is 2. The van der Waals surface area contributed by atoms with Crippen molar-refractivity contribution in [1.82, 2.24) is 9.38 Å². The third-order valence-electron chi connectivity index (χ3n) is 4.07. The molecule has 5 nitrogen and oxygen atoms in total. The maximum Gasteiger partial charge on any atom is 0.259 e. The third-order valence-corrected chi connectivity index (χ3v) is 5.02. The quantitative estimate of drug-likeness (QED) is 0.552. The van der Waals surface area contributed by atoms with Crippen LogP contribution in [-0.2, 0) is 6.42 Å². The number of hydrogen-bond donors (Lipinski definition) is 0. The average Bonchev–Trinajstić information content (AvgIpc) is 3.23. The summed E-state index contributed by atoms with van der Waals surface area (Å²) in [5.41, 5.74) is 1.19. The van der Waals surface area contributed by atoms with Gasteiger partial charge in [0.1, 0.15) is 17.6 Å². The van der Waals surface area contributed by atoms with Crippen molar-refractivity contribution < 1.29 is 8.81 Å². The van der Waals surface area contributed by atoms with Crippen LogP contribution in [0.1, 0.15) is 21.7 Å². The molecule has 7 heteroatoms. The van der Waals surface area contributed by atoms with Gasteiger partial charge in [0.05, 0.1) is 17.5 Å². The number of fused-ring (bicyclic) bond motifs is 1. The third kappa shape index (κ3) is 2.61. The molecule has 0 aliphatic heterocycles. The second-order valence-corrected chi connectivity index (χ2v) is 6.94. The van der Waals surface area contributed by atoms with Crippen LogP contribution in [0.5, 0.6) is 0 Å². The second-order valence-electron chi connectivity index (χ2n) is 5.76. The highest BCUT2D eigenvalue weighted by molar-refractivity contribution is 7.17. The molecule has 4 rings (SSSR count). The van der Waals surface area contributed by atoms with Crippen LogP contribution in [0, 0.1) is 24.1 Å². The highest BCUT2D eigenvalue weighted by atomic mass is 32.1. The SMILES string of the molecule is Cc1sc2nc(Cc3cccc(C#N)c3F)cc(=O)n2c1-c1ccco1. The molecule has 0 N–H and O–H groups in total. The van der Waals surface area contributed by atoms with Crippen molar-refractivity contribution in [2.45, 2.75) is 13.3 Å². The van der Waals surface area contributed by atoms with Gasteiger partial charge < -0.3 is 4.42 Å². The summed E-state index contributed by atoms with van der Waals surface area (Å²) in [6.45, 7) is 1.90. The van der Waals surface area contributed by atoms with Crippen molar-refractivity contribution >= 4 is 16.3 Å². The summed E-state index contributed by atoms with van der Waals surface area (Å²) in [7, 11) is 0. The van der Waals surface area contributed by atoms with Crippen molar-refractivity contribution in [2.75, 3.05) is 0 Å². The Hall–Kier alpha value is -3.24. The van der Waals surface area contributed by atoms with Crippen LogP contribution in [0.25, 0.3) is 16.4 Å². The number of nitrogens with zero attached hydrogens (tertiary/aromatic N) is 3. The number of halogens is 1. The van der Waals surface area contributed by atoms with Crippen LogP contribution in [0.15, 0.2) is 51.9 Å². The molecule has 0 unspecified atom stereocenters. The molecule has 0 saturated heterocycles. The van der Waals surface area contributed by atoms with E-state index in [1.807, 2.05) is 13.0 Å². The maximum atomic E-state index is 14.3. The van der Waals surface area contributed by atoms with Gasteiger partial charge in [0, 0.05) is 17.4 Å². The first-order chi connectivity index (χ1) is 12.6. The highest BCUT2D eigenvalue weighted by Crippen LogP contribution is 2.29. The van der Waals surface area contributed by atoms with Gasteiger partial charge in [-0.15, -0.1) is 11.3 Å². The molecule has 3 heterocycles. The smallest absolute Gasteiger partial charge is 0.259 e. The molecule has 26 heavy (non-hydrogen) atoms. The molecular weight excluding hydrogens is 353 g/mol. The summed E-state index contributed by atoms with van der Waals surface area (Å²) >= 11 is 1.37. The molecule has 1 aromatic carbocycles. The summed E-state index contributed by atoms with van der Waals surface area (Å²) in [5, 5.41) is 8.95. The lowest BCUT2D eigenvalue weighted by molar-refractivity contribution is 0.578. The van der Waals surface area contributed by atoms with E-state index in [0.717, 1.165) is 4.88 Å². The summed E-state index contributed by atoms with van der Waals surface area (Å²) in [5.74, 6) is 0.0220. The van der Waals surface area contributed by atoms with Gasteiger partial charge in [-0.2, -0.15) is 5.26 Å². The highest BCUT2D eigenvalue weighted by Gasteiger charge is 2.17. The van der Waals surface area contributed by atoms with Crippen molar-refractivity contribution in [3.05, 3.63) is 80.5 Å². The van der Waals surface area contributed by atoms with Gasteiger partial charge in [-0.1, -0.05) is 12.1 Å². The minimum atomic E-state index is -0.573. The fourth-order valence-electron chi connectivity index (χ4n) is 2.91. The lowest BCUT2D eigenvalue weighted by Crippen LogP contribution is -2.15. The van der Waals surface area contributed by atoms with E-state index >= 15 is 0 Å². The van der Waals surface area contributed by atoms with Gasteiger partial charge in [-0.3, -0.25) is 4.79 Å². The van der Waals surface area contributed by atoms with E-state index in [1.54, 1.807) is 30.5 Å². The monoisotopic (exact) mass is 365 g/mol. The first-order valence-electron chi connectivity index (χ1n) is 7.82. The summed E-state index contributed by atoms with van der Waals surface area (Å²) in [6.07, 6.45) is 1.69. The molecule has 0 amide bonds. The Balaban J connectivity index is 1.83. The normalized spacial score (nSPS) is 11.0. The Kier molecular flexibility index (Phi) is 3.90. The Morgan fingerprint density at radius 3 is 2.92 bits per heavy atom. The largest absolute Gasteiger partial charge is 0.463 e. The topological polar surface area (TPSA) is 71.3 Å². The standard InChI is InChI=1S/C19H12FN3O2S/c1-11-18(15-6-3-7-25-15)23-16(24)9-14(22-19(23)26-11)8-12-4-2-5-13(10-21)17(12)20/h2-7,9H,8H2,1H3. The van der Waals surface area contributed by atoms with Crippen LogP contribution >= 0.6 is 11.3 Å². The van der Waals surface area contributed by atoms with Gasteiger partial charge in [-0.05, 0) is 30.7 Å². The van der Waals surface area contributed by atoms with E-state index in [4.69, 9.17) is 9.68 Å². The first kappa shape index (κ1) is 16.2. The molecule has 0 bridgehead atoms. The fourth-order valence-corrected chi connectivity index (χ4v) is 3.91. The molecule has 0 aliphatic rings. The van der Waals surface area contributed by atoms with Gasteiger partial charge >= 0.3 is 0 Å². The van der Waals surface area contributed by atoms with Crippen molar-refractivity contribution in [2.24, 2.45) is 0 Å². The Labute approximate surface area is 151 Å². The van der Waals surface area contributed by atoms with E-state index in [2.05, 4.69) is 4.98 Å². The Morgan fingerprint density at radius 1 is 1.35 bits per heavy atom. The lowest BCUT2D eigenvalue weighted by Gasteiger charge is -2.05. The van der Waals surface area contributed by atoms with E-state index in [9.17, 15) is 9.18 Å². The van der Waals surface area contributed by atoms with Crippen LogP contribution in [0.4, 0.5) is 4.39 Å². The van der Waals surface area contributed by atoms with Gasteiger partial charge in [0.25, 0.3) is 5.56 Å². The first-order valence-corrected chi connectivity index (χ1v) is 8.63. The zero-order chi connectivity index (χ0) is 18.3.